The molecule has 37 heavy (non-hydrogen) atoms. The van der Waals surface area contributed by atoms with Crippen LogP contribution in [0, 0.1) is 23.0 Å². The Labute approximate surface area is 212 Å². The van der Waals surface area contributed by atoms with E-state index in [-0.39, 0.29) is 22.9 Å². The molecule has 8 heteroatoms. The van der Waals surface area contributed by atoms with Crippen molar-refractivity contribution < 1.29 is 19.3 Å². The van der Waals surface area contributed by atoms with Crippen LogP contribution in [0.4, 0.5) is 17.1 Å². The van der Waals surface area contributed by atoms with Crippen LogP contribution in [0.2, 0.25) is 0 Å². The van der Waals surface area contributed by atoms with Crippen LogP contribution in [-0.2, 0) is 15.0 Å². The van der Waals surface area contributed by atoms with E-state index in [2.05, 4.69) is 5.32 Å². The van der Waals surface area contributed by atoms with Crippen LogP contribution in [-0.4, -0.2) is 34.5 Å². The highest BCUT2D eigenvalue weighted by molar-refractivity contribution is 6.16. The predicted octanol–water partition coefficient (Wildman–Crippen LogP) is 4.47. The molecule has 8 nitrogen and oxygen atoms in total. The first-order valence-electron chi connectivity index (χ1n) is 12.0. The van der Waals surface area contributed by atoms with Crippen molar-refractivity contribution in [2.24, 2.45) is 5.92 Å². The zero-order chi connectivity index (χ0) is 26.1. The van der Waals surface area contributed by atoms with Gasteiger partial charge in [0, 0.05) is 29.1 Å². The lowest BCUT2D eigenvalue weighted by molar-refractivity contribution is -0.384. The first-order valence-corrected chi connectivity index (χ1v) is 12.0. The normalized spacial score (nSPS) is 24.9. The van der Waals surface area contributed by atoms with E-state index in [9.17, 15) is 24.5 Å². The van der Waals surface area contributed by atoms with Crippen LogP contribution in [0.15, 0.2) is 72.8 Å². The van der Waals surface area contributed by atoms with Gasteiger partial charge in [0.1, 0.15) is 5.41 Å². The molecule has 3 aliphatic rings. The molecule has 0 aliphatic carbocycles. The Morgan fingerprint density at radius 3 is 2.59 bits per heavy atom. The fraction of sp³-hybridized carbons (Fsp3) is 0.207. The van der Waals surface area contributed by atoms with Gasteiger partial charge in [0.05, 0.1) is 22.9 Å². The van der Waals surface area contributed by atoms with Gasteiger partial charge in [-0.25, -0.2) is 0 Å². The summed E-state index contributed by atoms with van der Waals surface area (Å²) in [6.07, 6.45) is 3.84. The van der Waals surface area contributed by atoms with Crippen molar-refractivity contribution in [1.29, 1.82) is 0 Å². The van der Waals surface area contributed by atoms with Gasteiger partial charge >= 0.3 is 0 Å². The third-order valence-corrected chi connectivity index (χ3v) is 7.83. The highest BCUT2D eigenvalue weighted by Crippen LogP contribution is 2.57. The van der Waals surface area contributed by atoms with E-state index >= 15 is 0 Å². The van der Waals surface area contributed by atoms with Crippen LogP contribution < -0.4 is 10.2 Å². The van der Waals surface area contributed by atoms with Crippen LogP contribution in [0.5, 0.6) is 0 Å². The number of para-hydroxylation sites is 1. The van der Waals surface area contributed by atoms with Crippen molar-refractivity contribution in [2.45, 2.75) is 31.3 Å². The highest BCUT2D eigenvalue weighted by atomic mass is 16.6. The number of nitrogens with zero attached hydrogens (tertiary/aromatic N) is 2. The predicted molar refractivity (Wildman–Crippen MR) is 139 cm³/mol. The number of hydrogen-bond donors (Lipinski definition) is 1. The van der Waals surface area contributed by atoms with Gasteiger partial charge in [0.15, 0.2) is 11.6 Å². The quantitative estimate of drug-likeness (QED) is 0.326. The number of carbonyl (C=O) groups is 3. The third kappa shape index (κ3) is 3.05. The minimum Gasteiger partial charge on any atom is -0.352 e. The molecule has 1 spiro atoms. The van der Waals surface area contributed by atoms with Crippen molar-refractivity contribution in [3.05, 3.63) is 105 Å². The molecule has 0 bridgehead atoms. The lowest BCUT2D eigenvalue weighted by Crippen LogP contribution is -2.51. The van der Waals surface area contributed by atoms with Gasteiger partial charge in [-0.2, -0.15) is 0 Å². The molecule has 4 atom stereocenters. The summed E-state index contributed by atoms with van der Waals surface area (Å²) in [6.45, 7) is 3.41. The van der Waals surface area contributed by atoms with Gasteiger partial charge in [-0.15, -0.1) is 0 Å². The Bertz CT molecular complexity index is 1560. The number of carbonyl (C=O) groups excluding carboxylic acids is 3. The molecule has 0 saturated carbocycles. The maximum absolute atomic E-state index is 14.4. The molecule has 3 aliphatic heterocycles. The smallest absolute Gasteiger partial charge is 0.270 e. The van der Waals surface area contributed by atoms with Gasteiger partial charge in [0.25, 0.3) is 5.69 Å². The lowest BCUT2D eigenvalue weighted by atomic mass is 9.64. The van der Waals surface area contributed by atoms with Crippen molar-refractivity contribution in [3.63, 3.8) is 0 Å². The van der Waals surface area contributed by atoms with Crippen LogP contribution in [0.1, 0.15) is 34.0 Å². The summed E-state index contributed by atoms with van der Waals surface area (Å²) in [7, 11) is 0. The summed E-state index contributed by atoms with van der Waals surface area (Å²) in [5.74, 6) is -2.22. The molecule has 6 rings (SSSR count). The number of amides is 1. The number of hydrogen-bond acceptors (Lipinski definition) is 6. The van der Waals surface area contributed by atoms with Gasteiger partial charge in [0.2, 0.25) is 5.91 Å². The number of benzene rings is 3. The van der Waals surface area contributed by atoms with E-state index in [1.54, 1.807) is 12.1 Å². The monoisotopic (exact) mass is 493 g/mol. The molecule has 0 radical (unpaired) electrons. The van der Waals surface area contributed by atoms with E-state index in [1.165, 1.54) is 31.2 Å². The maximum Gasteiger partial charge on any atom is 0.270 e. The number of rotatable bonds is 4. The molecular formula is C29H23N3O5. The molecule has 3 aromatic carbocycles. The third-order valence-electron chi connectivity index (χ3n) is 7.83. The molecule has 1 saturated heterocycles. The van der Waals surface area contributed by atoms with Gasteiger partial charge < -0.3 is 10.2 Å². The van der Waals surface area contributed by atoms with Crippen molar-refractivity contribution >= 4 is 40.6 Å². The molecule has 0 aromatic heterocycles. The fourth-order valence-corrected chi connectivity index (χ4v) is 6.40. The van der Waals surface area contributed by atoms with E-state index in [4.69, 9.17) is 0 Å². The van der Waals surface area contributed by atoms with E-state index in [0.717, 1.165) is 16.8 Å². The first kappa shape index (κ1) is 22.8. The summed E-state index contributed by atoms with van der Waals surface area (Å²) in [6, 6.07) is 17.0. The number of aryl methyl sites for hydroxylation is 1. The average Bonchev–Trinajstić information content (AvgIpc) is 3.36. The summed E-state index contributed by atoms with van der Waals surface area (Å²) < 4.78 is 0. The summed E-state index contributed by atoms with van der Waals surface area (Å²) in [4.78, 5) is 54.6. The molecule has 3 heterocycles. The number of ketones is 2. The molecule has 4 unspecified atom stereocenters. The summed E-state index contributed by atoms with van der Waals surface area (Å²) >= 11 is 0. The lowest BCUT2D eigenvalue weighted by Gasteiger charge is -2.37. The molecule has 184 valence electrons. The van der Waals surface area contributed by atoms with E-state index in [1.807, 2.05) is 54.3 Å². The molecule has 1 N–H and O–H groups in total. The average molecular weight is 494 g/mol. The van der Waals surface area contributed by atoms with Crippen LogP contribution >= 0.6 is 0 Å². The Balaban J connectivity index is 1.64. The minimum absolute atomic E-state index is 0.0926. The largest absolute Gasteiger partial charge is 0.352 e. The Morgan fingerprint density at radius 2 is 1.84 bits per heavy atom. The zero-order valence-electron chi connectivity index (χ0n) is 20.2. The number of non-ortho nitro benzene ring substituents is 1. The van der Waals surface area contributed by atoms with Crippen molar-refractivity contribution in [3.8, 4) is 0 Å². The van der Waals surface area contributed by atoms with Crippen molar-refractivity contribution in [2.75, 3.05) is 10.2 Å². The van der Waals surface area contributed by atoms with Crippen LogP contribution in [0.3, 0.4) is 0 Å². The second-order valence-corrected chi connectivity index (χ2v) is 9.85. The van der Waals surface area contributed by atoms with Crippen molar-refractivity contribution in [1.82, 2.24) is 0 Å². The topological polar surface area (TPSA) is 110 Å². The molecule has 1 amide bonds. The standard InChI is InChI=1S/C29H23N3O5/c1-16-10-12-23-18(14-16)11-13-24-29(21-8-3-4-9-22(21)30-28(29)35)25(26(17(2)33)31(23)24)27(34)19-6-5-7-20(15-19)32(36)37/h3-15,24-26H,1-2H3,(H,30,35). The number of Topliss-reactive ketones (excluding diaryl/α,β-unsaturated/α-hetero) is 2. The van der Waals surface area contributed by atoms with E-state index in [0.29, 0.717) is 11.3 Å². The second-order valence-electron chi connectivity index (χ2n) is 9.85. The minimum atomic E-state index is -1.41. The van der Waals surface area contributed by atoms with Gasteiger partial charge in [-0.3, -0.25) is 24.5 Å². The highest BCUT2D eigenvalue weighted by Gasteiger charge is 2.69. The number of nitro groups is 1. The Kier molecular flexibility index (Phi) is 4.91. The fourth-order valence-electron chi connectivity index (χ4n) is 6.40. The SMILES string of the molecule is CC(=O)C1C(C(=O)c2cccc([N+](=O)[O-])c2)C2(C(=O)Nc3ccccc32)C2C=Cc3cc(C)ccc3N12. The van der Waals surface area contributed by atoms with E-state index < -0.39 is 34.1 Å². The zero-order valence-corrected chi connectivity index (χ0v) is 20.2. The summed E-state index contributed by atoms with van der Waals surface area (Å²) in [5.41, 5.74) is 2.40. The summed E-state index contributed by atoms with van der Waals surface area (Å²) in [5, 5.41) is 14.4. The first-order chi connectivity index (χ1) is 17.7. The second kappa shape index (κ2) is 7.96. The molecule has 1 fully saturated rings. The maximum atomic E-state index is 14.4. The number of nitro benzene ring substituents is 1. The Hall–Kier alpha value is -4.59. The van der Waals surface area contributed by atoms with Gasteiger partial charge in [-0.05, 0) is 43.2 Å². The number of fused-ring (bicyclic) bond motifs is 6. The molecule has 3 aromatic rings. The number of anilines is 2. The molecular weight excluding hydrogens is 470 g/mol. The number of nitrogens with one attached hydrogen (secondary N) is 1. The Morgan fingerprint density at radius 1 is 1.05 bits per heavy atom. The van der Waals surface area contributed by atoms with Crippen LogP contribution in [0.25, 0.3) is 6.08 Å². The van der Waals surface area contributed by atoms with Gasteiger partial charge in [-0.1, -0.05) is 54.1 Å².